The van der Waals surface area contributed by atoms with E-state index in [2.05, 4.69) is 10.3 Å². The summed E-state index contributed by atoms with van der Waals surface area (Å²) in [7, 11) is 0. The van der Waals surface area contributed by atoms with Gasteiger partial charge >= 0.3 is 0 Å². The predicted octanol–water partition coefficient (Wildman–Crippen LogP) is 0.199. The van der Waals surface area contributed by atoms with Crippen LogP contribution >= 0.6 is 0 Å². The van der Waals surface area contributed by atoms with Crippen molar-refractivity contribution < 1.29 is 4.79 Å². The van der Waals surface area contributed by atoms with Gasteiger partial charge in [0.15, 0.2) is 0 Å². The molecule has 1 saturated heterocycles. The summed E-state index contributed by atoms with van der Waals surface area (Å²) in [6.45, 7) is 4.30. The van der Waals surface area contributed by atoms with E-state index in [1.54, 1.807) is 17.0 Å². The number of nitrogens with one attached hydrogen (secondary N) is 2. The smallest absolute Gasteiger partial charge is 0.260 e. The van der Waals surface area contributed by atoms with E-state index in [1.165, 1.54) is 6.20 Å². The van der Waals surface area contributed by atoms with Crippen LogP contribution in [0.4, 0.5) is 0 Å². The molecule has 1 aliphatic rings. The summed E-state index contributed by atoms with van der Waals surface area (Å²) in [5.74, 6) is -0.178. The average molecular weight is 235 g/mol. The Morgan fingerprint density at radius 1 is 1.59 bits per heavy atom. The van der Waals surface area contributed by atoms with Gasteiger partial charge in [0.25, 0.3) is 11.5 Å². The Labute approximate surface area is 99.8 Å². The van der Waals surface area contributed by atoms with Crippen LogP contribution in [0.1, 0.15) is 23.7 Å². The molecule has 1 amide bonds. The number of amides is 1. The third-order valence-corrected chi connectivity index (χ3v) is 3.13. The zero-order valence-corrected chi connectivity index (χ0v) is 9.90. The molecule has 2 N–H and O–H groups in total. The van der Waals surface area contributed by atoms with E-state index in [9.17, 15) is 9.59 Å². The third kappa shape index (κ3) is 2.39. The van der Waals surface area contributed by atoms with Crippen molar-refractivity contribution in [1.82, 2.24) is 15.2 Å². The molecule has 2 heterocycles. The number of pyridine rings is 1. The maximum atomic E-state index is 12.3. The van der Waals surface area contributed by atoms with Gasteiger partial charge < -0.3 is 15.2 Å². The van der Waals surface area contributed by atoms with Crippen molar-refractivity contribution >= 4 is 5.91 Å². The minimum Gasteiger partial charge on any atom is -0.334 e. The summed E-state index contributed by atoms with van der Waals surface area (Å²) in [6, 6.07) is 3.45. The van der Waals surface area contributed by atoms with Crippen molar-refractivity contribution in [3.63, 3.8) is 0 Å². The highest BCUT2D eigenvalue weighted by molar-refractivity contribution is 5.94. The Morgan fingerprint density at radius 2 is 2.41 bits per heavy atom. The highest BCUT2D eigenvalue weighted by Gasteiger charge is 2.27. The monoisotopic (exact) mass is 235 g/mol. The van der Waals surface area contributed by atoms with E-state index in [0.717, 1.165) is 19.5 Å². The van der Waals surface area contributed by atoms with Crippen LogP contribution < -0.4 is 10.9 Å². The molecule has 0 aromatic carbocycles. The predicted molar refractivity (Wildman–Crippen MR) is 65.0 cm³/mol. The number of hydrogen-bond donors (Lipinski definition) is 2. The van der Waals surface area contributed by atoms with E-state index in [0.29, 0.717) is 6.54 Å². The molecule has 0 radical (unpaired) electrons. The molecule has 0 bridgehead atoms. The van der Waals surface area contributed by atoms with E-state index < -0.39 is 0 Å². The lowest BCUT2D eigenvalue weighted by molar-refractivity contribution is 0.0702. The van der Waals surface area contributed by atoms with Crippen LogP contribution in [-0.2, 0) is 0 Å². The summed E-state index contributed by atoms with van der Waals surface area (Å²) in [5, 5.41) is 3.23. The zero-order chi connectivity index (χ0) is 12.3. The van der Waals surface area contributed by atoms with Gasteiger partial charge in [-0.25, -0.2) is 0 Å². The van der Waals surface area contributed by atoms with Crippen molar-refractivity contribution in [2.75, 3.05) is 19.6 Å². The highest BCUT2D eigenvalue weighted by Crippen LogP contribution is 2.11. The van der Waals surface area contributed by atoms with Crippen molar-refractivity contribution in [3.8, 4) is 0 Å². The molecule has 1 aromatic heterocycles. The number of H-pyrrole nitrogens is 1. The van der Waals surface area contributed by atoms with Crippen molar-refractivity contribution in [3.05, 3.63) is 34.2 Å². The molecular formula is C12H17N3O2. The molecule has 17 heavy (non-hydrogen) atoms. The molecule has 1 atom stereocenters. The molecule has 2 rings (SSSR count). The molecule has 0 aliphatic carbocycles. The van der Waals surface area contributed by atoms with Crippen LogP contribution in [-0.4, -0.2) is 41.5 Å². The second-order valence-electron chi connectivity index (χ2n) is 4.15. The Morgan fingerprint density at radius 3 is 3.00 bits per heavy atom. The molecule has 1 fully saturated rings. The maximum Gasteiger partial charge on any atom is 0.260 e. The van der Waals surface area contributed by atoms with Crippen LogP contribution in [0.15, 0.2) is 23.1 Å². The standard InChI is InChI=1S/C12H17N3O2/c1-2-15(9-5-7-13-8-9)12(17)10-4-3-6-14-11(10)16/h3-4,6,9,13H,2,5,7-8H2,1H3,(H,14,16). The highest BCUT2D eigenvalue weighted by atomic mass is 16.2. The number of aromatic nitrogens is 1. The van der Waals surface area contributed by atoms with Crippen LogP contribution in [0.5, 0.6) is 0 Å². The number of carbonyl (C=O) groups excluding carboxylic acids is 1. The Kier molecular flexibility index (Phi) is 3.58. The molecule has 1 unspecified atom stereocenters. The summed E-state index contributed by atoms with van der Waals surface area (Å²) in [6.07, 6.45) is 2.48. The van der Waals surface area contributed by atoms with E-state index in [4.69, 9.17) is 0 Å². The van der Waals surface area contributed by atoms with Gasteiger partial charge in [-0.05, 0) is 32.0 Å². The van der Waals surface area contributed by atoms with E-state index in [1.807, 2.05) is 6.92 Å². The number of aromatic amines is 1. The van der Waals surface area contributed by atoms with Gasteiger partial charge in [0.2, 0.25) is 0 Å². The Bertz CT molecular complexity index is 449. The van der Waals surface area contributed by atoms with Gasteiger partial charge in [0, 0.05) is 25.3 Å². The fraction of sp³-hybridized carbons (Fsp3) is 0.500. The van der Waals surface area contributed by atoms with Gasteiger partial charge in [-0.2, -0.15) is 0 Å². The topological polar surface area (TPSA) is 65.2 Å². The van der Waals surface area contributed by atoms with Gasteiger partial charge in [-0.1, -0.05) is 0 Å². The minimum absolute atomic E-state index is 0.178. The molecular weight excluding hydrogens is 218 g/mol. The fourth-order valence-electron chi connectivity index (χ4n) is 2.22. The van der Waals surface area contributed by atoms with Crippen molar-refractivity contribution in [1.29, 1.82) is 0 Å². The van der Waals surface area contributed by atoms with Crippen molar-refractivity contribution in [2.24, 2.45) is 0 Å². The summed E-state index contributed by atoms with van der Waals surface area (Å²) >= 11 is 0. The lowest BCUT2D eigenvalue weighted by Crippen LogP contribution is -2.43. The first-order valence-corrected chi connectivity index (χ1v) is 5.93. The first kappa shape index (κ1) is 11.9. The van der Waals surface area contributed by atoms with Gasteiger partial charge in [0.1, 0.15) is 5.56 Å². The lowest BCUT2D eigenvalue weighted by Gasteiger charge is -2.26. The average Bonchev–Trinajstić information content (AvgIpc) is 2.84. The largest absolute Gasteiger partial charge is 0.334 e. The van der Waals surface area contributed by atoms with E-state index in [-0.39, 0.29) is 23.1 Å². The maximum absolute atomic E-state index is 12.3. The molecule has 1 aromatic rings. The lowest BCUT2D eigenvalue weighted by atomic mass is 10.1. The Hall–Kier alpha value is -1.62. The third-order valence-electron chi connectivity index (χ3n) is 3.13. The summed E-state index contributed by atoms with van der Waals surface area (Å²) in [4.78, 5) is 28.1. The summed E-state index contributed by atoms with van der Waals surface area (Å²) in [5.41, 5.74) is -0.0943. The first-order chi connectivity index (χ1) is 8.24. The van der Waals surface area contributed by atoms with Crippen LogP contribution in [0.3, 0.4) is 0 Å². The second-order valence-corrected chi connectivity index (χ2v) is 4.15. The fourth-order valence-corrected chi connectivity index (χ4v) is 2.22. The second kappa shape index (κ2) is 5.14. The van der Waals surface area contributed by atoms with Crippen LogP contribution in [0, 0.1) is 0 Å². The number of likely N-dealkylation sites (N-methyl/N-ethyl adjacent to an activating group) is 1. The van der Waals surface area contributed by atoms with Crippen LogP contribution in [0.25, 0.3) is 0 Å². The van der Waals surface area contributed by atoms with E-state index >= 15 is 0 Å². The zero-order valence-electron chi connectivity index (χ0n) is 9.90. The molecule has 5 nitrogen and oxygen atoms in total. The van der Waals surface area contributed by atoms with Crippen molar-refractivity contribution in [2.45, 2.75) is 19.4 Å². The van der Waals surface area contributed by atoms with Gasteiger partial charge in [-0.15, -0.1) is 0 Å². The number of nitrogens with zero attached hydrogens (tertiary/aromatic N) is 1. The van der Waals surface area contributed by atoms with Crippen LogP contribution in [0.2, 0.25) is 0 Å². The molecule has 5 heteroatoms. The molecule has 92 valence electrons. The molecule has 0 spiro atoms. The SMILES string of the molecule is CCN(C(=O)c1ccc[nH]c1=O)C1CCNC1. The Balaban J connectivity index is 2.23. The molecule has 0 saturated carbocycles. The summed E-state index contributed by atoms with van der Waals surface area (Å²) < 4.78 is 0. The van der Waals surface area contributed by atoms with Gasteiger partial charge in [0.05, 0.1) is 0 Å². The number of rotatable bonds is 3. The molecule has 1 aliphatic heterocycles. The number of carbonyl (C=O) groups is 1. The quantitative estimate of drug-likeness (QED) is 0.786. The number of hydrogen-bond acceptors (Lipinski definition) is 3. The first-order valence-electron chi connectivity index (χ1n) is 5.93. The minimum atomic E-state index is -0.318. The van der Waals surface area contributed by atoms with Gasteiger partial charge in [-0.3, -0.25) is 9.59 Å². The normalized spacial score (nSPS) is 19.2.